The smallest absolute Gasteiger partial charge is 0.466 e. The Kier molecular flexibility index (Phi) is 4.58. The first-order chi connectivity index (χ1) is 8.33. The van der Waals surface area contributed by atoms with Crippen LogP contribution in [0.4, 0.5) is 13.2 Å². The Hall–Kier alpha value is -1.72. The van der Waals surface area contributed by atoms with Crippen LogP contribution in [0.2, 0.25) is 0 Å². The van der Waals surface area contributed by atoms with E-state index in [1.165, 1.54) is 12.1 Å². The first kappa shape index (κ1) is 14.3. The lowest BCUT2D eigenvalue weighted by Crippen LogP contribution is -2.19. The van der Waals surface area contributed by atoms with Gasteiger partial charge in [0.2, 0.25) is 0 Å². The first-order valence-corrected chi connectivity index (χ1v) is 5.33. The SMILES string of the molecule is CCOC(=O)Cc1c(C)cccc1OC(F)(F)F. The molecule has 0 radical (unpaired) electrons. The molecule has 1 aromatic carbocycles. The number of carbonyl (C=O) groups is 1. The van der Waals surface area contributed by atoms with Crippen LogP contribution in [0.15, 0.2) is 18.2 Å². The molecule has 1 aromatic rings. The molecule has 0 atom stereocenters. The van der Waals surface area contributed by atoms with Crippen LogP contribution in [-0.2, 0) is 16.0 Å². The molecule has 0 unspecified atom stereocenters. The van der Waals surface area contributed by atoms with Crippen molar-refractivity contribution in [2.45, 2.75) is 26.6 Å². The van der Waals surface area contributed by atoms with E-state index >= 15 is 0 Å². The van der Waals surface area contributed by atoms with Gasteiger partial charge in [0, 0.05) is 5.56 Å². The molecule has 0 N–H and O–H groups in total. The van der Waals surface area contributed by atoms with Crippen LogP contribution in [0.25, 0.3) is 0 Å². The highest BCUT2D eigenvalue weighted by Gasteiger charge is 2.32. The van der Waals surface area contributed by atoms with E-state index in [4.69, 9.17) is 4.74 Å². The van der Waals surface area contributed by atoms with Crippen LogP contribution < -0.4 is 4.74 Å². The van der Waals surface area contributed by atoms with Gasteiger partial charge in [-0.25, -0.2) is 0 Å². The quantitative estimate of drug-likeness (QED) is 0.782. The summed E-state index contributed by atoms with van der Waals surface area (Å²) in [5.74, 6) is -0.950. The maximum Gasteiger partial charge on any atom is 0.573 e. The third-order valence-electron chi connectivity index (χ3n) is 2.22. The molecule has 6 heteroatoms. The minimum atomic E-state index is -4.78. The second-order valence-electron chi connectivity index (χ2n) is 3.58. The van der Waals surface area contributed by atoms with Gasteiger partial charge in [-0.15, -0.1) is 13.2 Å². The Bertz CT molecular complexity index is 427. The molecule has 0 saturated carbocycles. The van der Waals surface area contributed by atoms with Gasteiger partial charge in [-0.2, -0.15) is 0 Å². The van der Waals surface area contributed by atoms with E-state index in [9.17, 15) is 18.0 Å². The molecule has 0 aliphatic rings. The van der Waals surface area contributed by atoms with Crippen LogP contribution in [-0.4, -0.2) is 18.9 Å². The van der Waals surface area contributed by atoms with E-state index in [0.717, 1.165) is 0 Å². The normalized spacial score (nSPS) is 11.2. The molecule has 0 amide bonds. The summed E-state index contributed by atoms with van der Waals surface area (Å²) in [6.45, 7) is 3.42. The van der Waals surface area contributed by atoms with Gasteiger partial charge >= 0.3 is 12.3 Å². The van der Waals surface area contributed by atoms with Crippen LogP contribution >= 0.6 is 0 Å². The number of benzene rings is 1. The largest absolute Gasteiger partial charge is 0.573 e. The molecule has 0 heterocycles. The summed E-state index contributed by atoms with van der Waals surface area (Å²) in [5, 5.41) is 0. The second kappa shape index (κ2) is 5.75. The van der Waals surface area contributed by atoms with Crippen LogP contribution in [0, 0.1) is 6.92 Å². The van der Waals surface area contributed by atoms with Crippen molar-refractivity contribution in [3.63, 3.8) is 0 Å². The number of ether oxygens (including phenoxy) is 2. The van der Waals surface area contributed by atoms with Gasteiger partial charge in [0.1, 0.15) is 5.75 Å². The minimum Gasteiger partial charge on any atom is -0.466 e. The van der Waals surface area contributed by atoms with Crippen molar-refractivity contribution in [2.75, 3.05) is 6.61 Å². The molecule has 0 aliphatic heterocycles. The zero-order valence-electron chi connectivity index (χ0n) is 10.0. The number of carbonyl (C=O) groups excluding carboxylic acids is 1. The van der Waals surface area contributed by atoms with Gasteiger partial charge < -0.3 is 9.47 Å². The van der Waals surface area contributed by atoms with E-state index < -0.39 is 12.3 Å². The average molecular weight is 262 g/mol. The highest BCUT2D eigenvalue weighted by atomic mass is 19.4. The number of halogens is 3. The number of alkyl halides is 3. The Morgan fingerprint density at radius 2 is 2.00 bits per heavy atom. The predicted octanol–water partition coefficient (Wildman–Crippen LogP) is 3.00. The predicted molar refractivity (Wildman–Crippen MR) is 58.2 cm³/mol. The lowest BCUT2D eigenvalue weighted by atomic mass is 10.0. The number of hydrogen-bond donors (Lipinski definition) is 0. The van der Waals surface area contributed by atoms with Crippen molar-refractivity contribution in [3.8, 4) is 5.75 Å². The van der Waals surface area contributed by atoms with Crippen molar-refractivity contribution in [1.29, 1.82) is 0 Å². The first-order valence-electron chi connectivity index (χ1n) is 5.33. The van der Waals surface area contributed by atoms with Gasteiger partial charge in [-0.1, -0.05) is 12.1 Å². The molecular formula is C12H13F3O3. The Morgan fingerprint density at radius 1 is 1.33 bits per heavy atom. The van der Waals surface area contributed by atoms with Crippen molar-refractivity contribution < 1.29 is 27.4 Å². The van der Waals surface area contributed by atoms with E-state index in [1.54, 1.807) is 19.9 Å². The minimum absolute atomic E-state index is 0.181. The van der Waals surface area contributed by atoms with E-state index in [-0.39, 0.29) is 24.3 Å². The monoisotopic (exact) mass is 262 g/mol. The second-order valence-corrected chi connectivity index (χ2v) is 3.58. The fourth-order valence-electron chi connectivity index (χ4n) is 1.48. The maximum atomic E-state index is 12.2. The number of aryl methyl sites for hydroxylation is 1. The number of rotatable bonds is 4. The molecule has 1 rings (SSSR count). The lowest BCUT2D eigenvalue weighted by molar-refractivity contribution is -0.275. The molecule has 3 nitrogen and oxygen atoms in total. The fraction of sp³-hybridized carbons (Fsp3) is 0.417. The highest BCUT2D eigenvalue weighted by Crippen LogP contribution is 2.28. The summed E-state index contributed by atoms with van der Waals surface area (Å²) < 4.78 is 45.2. The summed E-state index contributed by atoms with van der Waals surface area (Å²) in [6, 6.07) is 4.22. The van der Waals surface area contributed by atoms with Gasteiger partial charge in [0.15, 0.2) is 0 Å². The fourth-order valence-corrected chi connectivity index (χ4v) is 1.48. The zero-order valence-corrected chi connectivity index (χ0v) is 10.0. The highest BCUT2D eigenvalue weighted by molar-refractivity contribution is 5.74. The summed E-state index contributed by atoms with van der Waals surface area (Å²) in [6.07, 6.45) is -5.02. The third-order valence-corrected chi connectivity index (χ3v) is 2.22. The molecule has 100 valence electrons. The molecular weight excluding hydrogens is 249 g/mol. The molecule has 0 fully saturated rings. The zero-order chi connectivity index (χ0) is 13.8. The van der Waals surface area contributed by atoms with Crippen LogP contribution in [0.1, 0.15) is 18.1 Å². The Morgan fingerprint density at radius 3 is 2.56 bits per heavy atom. The molecule has 0 spiro atoms. The topological polar surface area (TPSA) is 35.5 Å². The summed E-state index contributed by atoms with van der Waals surface area (Å²) in [5.41, 5.74) is 0.734. The van der Waals surface area contributed by atoms with Crippen LogP contribution in [0.5, 0.6) is 5.75 Å². The average Bonchev–Trinajstić information content (AvgIpc) is 2.21. The standard InChI is InChI=1S/C12H13F3O3/c1-3-17-11(16)7-9-8(2)5-4-6-10(9)18-12(13,14)15/h4-6H,3,7H2,1-2H3. The third kappa shape index (κ3) is 4.27. The summed E-state index contributed by atoms with van der Waals surface area (Å²) in [7, 11) is 0. The lowest BCUT2D eigenvalue weighted by Gasteiger charge is -2.14. The van der Waals surface area contributed by atoms with E-state index in [0.29, 0.717) is 5.56 Å². The van der Waals surface area contributed by atoms with Crippen molar-refractivity contribution in [2.24, 2.45) is 0 Å². The van der Waals surface area contributed by atoms with Gasteiger partial charge in [0.25, 0.3) is 0 Å². The molecule has 18 heavy (non-hydrogen) atoms. The van der Waals surface area contributed by atoms with Crippen molar-refractivity contribution in [1.82, 2.24) is 0 Å². The molecule has 0 saturated heterocycles. The number of hydrogen-bond acceptors (Lipinski definition) is 3. The van der Waals surface area contributed by atoms with Crippen LogP contribution in [0.3, 0.4) is 0 Å². The van der Waals surface area contributed by atoms with Gasteiger partial charge in [-0.05, 0) is 25.5 Å². The number of esters is 1. The maximum absolute atomic E-state index is 12.2. The summed E-state index contributed by atoms with van der Waals surface area (Å²) in [4.78, 5) is 11.3. The van der Waals surface area contributed by atoms with Crippen molar-refractivity contribution in [3.05, 3.63) is 29.3 Å². The Labute approximate surface area is 103 Å². The van der Waals surface area contributed by atoms with E-state index in [1.807, 2.05) is 0 Å². The van der Waals surface area contributed by atoms with Gasteiger partial charge in [-0.3, -0.25) is 4.79 Å². The van der Waals surface area contributed by atoms with E-state index in [2.05, 4.69) is 4.74 Å². The molecule has 0 aromatic heterocycles. The Balaban J connectivity index is 2.97. The van der Waals surface area contributed by atoms with Crippen molar-refractivity contribution >= 4 is 5.97 Å². The summed E-state index contributed by atoms with van der Waals surface area (Å²) >= 11 is 0. The molecule has 0 bridgehead atoms. The van der Waals surface area contributed by atoms with Gasteiger partial charge in [0.05, 0.1) is 13.0 Å². The molecule has 0 aliphatic carbocycles.